The van der Waals surface area contributed by atoms with Crippen molar-refractivity contribution in [2.75, 3.05) is 54.6 Å². The lowest BCUT2D eigenvalue weighted by atomic mass is 9.95. The van der Waals surface area contributed by atoms with Crippen molar-refractivity contribution in [1.82, 2.24) is 20.0 Å². The number of piperidine rings is 1. The highest BCUT2D eigenvalue weighted by Crippen LogP contribution is 2.31. The summed E-state index contributed by atoms with van der Waals surface area (Å²) in [6.45, 7) is 6.64. The molecule has 236 valence electrons. The van der Waals surface area contributed by atoms with E-state index >= 15 is 0 Å². The molecule has 2 unspecified atom stereocenters. The predicted octanol–water partition coefficient (Wildman–Crippen LogP) is 3.72. The van der Waals surface area contributed by atoms with Gasteiger partial charge in [-0.3, -0.25) is 14.4 Å². The van der Waals surface area contributed by atoms with Crippen LogP contribution in [0.2, 0.25) is 0 Å². The molecule has 1 aromatic carbocycles. The fraction of sp³-hybridized carbons (Fsp3) is 0.719. The highest BCUT2D eigenvalue weighted by molar-refractivity contribution is 5.95. The number of benzene rings is 1. The molecule has 1 heterocycles. The van der Waals surface area contributed by atoms with Crippen molar-refractivity contribution in [3.05, 3.63) is 23.8 Å². The van der Waals surface area contributed by atoms with Gasteiger partial charge in [0.1, 0.15) is 0 Å². The molecule has 3 amide bonds. The van der Waals surface area contributed by atoms with Crippen LogP contribution in [-0.2, 0) is 14.3 Å². The maximum atomic E-state index is 13.7. The summed E-state index contributed by atoms with van der Waals surface area (Å²) < 4.78 is 16.5. The van der Waals surface area contributed by atoms with Gasteiger partial charge in [0.15, 0.2) is 11.5 Å². The minimum Gasteiger partial charge on any atom is -0.493 e. The minimum absolute atomic E-state index is 0.0158. The second-order valence-electron chi connectivity index (χ2n) is 12.0. The van der Waals surface area contributed by atoms with E-state index in [1.807, 2.05) is 9.80 Å². The minimum atomic E-state index is -0.0158. The lowest BCUT2D eigenvalue weighted by Crippen LogP contribution is -2.54. The third kappa shape index (κ3) is 9.87. The van der Waals surface area contributed by atoms with Gasteiger partial charge in [-0.05, 0) is 70.6 Å². The zero-order valence-corrected chi connectivity index (χ0v) is 26.5. The number of nitrogens with one attached hydrogen (secondary N) is 1. The summed E-state index contributed by atoms with van der Waals surface area (Å²) in [5, 5.41) is 3.67. The average Bonchev–Trinajstić information content (AvgIpc) is 3.81. The Bertz CT molecular complexity index is 1020. The largest absolute Gasteiger partial charge is 0.493 e. The maximum absolute atomic E-state index is 13.7. The molecule has 2 fully saturated rings. The summed E-state index contributed by atoms with van der Waals surface area (Å²) in [4.78, 5) is 44.1. The molecule has 10 nitrogen and oxygen atoms in total. The first-order valence-corrected chi connectivity index (χ1v) is 15.5. The van der Waals surface area contributed by atoms with Gasteiger partial charge in [0.25, 0.3) is 5.91 Å². The Balaban J connectivity index is 1.53. The van der Waals surface area contributed by atoms with E-state index in [2.05, 4.69) is 19.2 Å². The Hall–Kier alpha value is -2.85. The molecular formula is C32H52N4O6. The Morgan fingerprint density at radius 1 is 0.929 bits per heavy atom. The zero-order valence-electron chi connectivity index (χ0n) is 26.5. The maximum Gasteiger partial charge on any atom is 0.254 e. The fourth-order valence-corrected chi connectivity index (χ4v) is 5.61. The number of hydrogen-bond acceptors (Lipinski definition) is 7. The average molecular weight is 589 g/mol. The van der Waals surface area contributed by atoms with Crippen molar-refractivity contribution in [1.29, 1.82) is 0 Å². The summed E-state index contributed by atoms with van der Waals surface area (Å²) in [6.07, 6.45) is 7.05. The van der Waals surface area contributed by atoms with E-state index in [0.717, 1.165) is 51.6 Å². The monoisotopic (exact) mass is 588 g/mol. The van der Waals surface area contributed by atoms with Crippen LogP contribution in [0.4, 0.5) is 0 Å². The Morgan fingerprint density at radius 2 is 1.64 bits per heavy atom. The Morgan fingerprint density at radius 3 is 2.24 bits per heavy atom. The van der Waals surface area contributed by atoms with Gasteiger partial charge in [-0.1, -0.05) is 0 Å². The van der Waals surface area contributed by atoms with E-state index < -0.39 is 0 Å². The van der Waals surface area contributed by atoms with Gasteiger partial charge in [0, 0.05) is 89.9 Å². The Labute approximate surface area is 252 Å². The summed E-state index contributed by atoms with van der Waals surface area (Å²) in [5.41, 5.74) is 0.583. The van der Waals surface area contributed by atoms with Crippen LogP contribution in [0.5, 0.6) is 11.5 Å². The second kappa shape index (κ2) is 16.7. The summed E-state index contributed by atoms with van der Waals surface area (Å²) >= 11 is 0. The van der Waals surface area contributed by atoms with Gasteiger partial charge in [-0.2, -0.15) is 0 Å². The van der Waals surface area contributed by atoms with Gasteiger partial charge in [-0.15, -0.1) is 0 Å². The number of rotatable bonds is 17. The SMILES string of the molecule is COCCCOc1cc(C(=O)N(C(C)C)C2CCC(CCN(C(=O)CCCC(=O)N(C)C)C3CC3)NC2)ccc1OC. The topological polar surface area (TPSA) is 101 Å². The molecule has 2 aliphatic rings. The molecule has 1 aliphatic heterocycles. The normalized spacial score (nSPS) is 18.5. The molecule has 1 N–H and O–H groups in total. The van der Waals surface area contributed by atoms with Gasteiger partial charge in [-0.25, -0.2) is 0 Å². The number of carbonyl (C=O) groups excluding carboxylic acids is 3. The third-order valence-electron chi connectivity index (χ3n) is 8.14. The fourth-order valence-electron chi connectivity index (χ4n) is 5.61. The van der Waals surface area contributed by atoms with Crippen molar-refractivity contribution in [2.45, 2.75) is 95.8 Å². The van der Waals surface area contributed by atoms with Gasteiger partial charge < -0.3 is 34.2 Å². The van der Waals surface area contributed by atoms with Crippen LogP contribution in [0.1, 0.15) is 82.0 Å². The molecule has 10 heteroatoms. The number of ether oxygens (including phenoxy) is 3. The smallest absolute Gasteiger partial charge is 0.254 e. The number of amides is 3. The second-order valence-corrected chi connectivity index (χ2v) is 12.0. The van der Waals surface area contributed by atoms with Crippen LogP contribution in [0.15, 0.2) is 18.2 Å². The van der Waals surface area contributed by atoms with E-state index in [-0.39, 0.29) is 29.8 Å². The molecule has 0 radical (unpaired) electrons. The summed E-state index contributed by atoms with van der Waals surface area (Å²) in [7, 11) is 6.75. The van der Waals surface area contributed by atoms with Crippen molar-refractivity contribution < 1.29 is 28.6 Å². The zero-order chi connectivity index (χ0) is 30.6. The molecule has 1 saturated carbocycles. The predicted molar refractivity (Wildman–Crippen MR) is 163 cm³/mol. The van der Waals surface area contributed by atoms with Crippen LogP contribution in [0.3, 0.4) is 0 Å². The van der Waals surface area contributed by atoms with Crippen LogP contribution < -0.4 is 14.8 Å². The van der Waals surface area contributed by atoms with Crippen molar-refractivity contribution in [2.24, 2.45) is 0 Å². The van der Waals surface area contributed by atoms with E-state index in [0.29, 0.717) is 61.6 Å². The summed E-state index contributed by atoms with van der Waals surface area (Å²) in [6, 6.07) is 6.15. The van der Waals surface area contributed by atoms with Crippen molar-refractivity contribution in [3.8, 4) is 11.5 Å². The molecule has 1 saturated heterocycles. The number of nitrogens with zero attached hydrogens (tertiary/aromatic N) is 3. The Kier molecular flexibility index (Phi) is 13.4. The highest BCUT2D eigenvalue weighted by atomic mass is 16.5. The number of methoxy groups -OCH3 is 2. The highest BCUT2D eigenvalue weighted by Gasteiger charge is 2.34. The molecule has 0 bridgehead atoms. The standard InChI is InChI=1S/C32H52N4O6/c1-23(2)36(32(39)24-11-16-28(41-6)29(21-24)42-20-8-19-40-5)27-13-12-25(33-22-27)17-18-35(26-14-15-26)31(38)10-7-9-30(37)34(3)4/h11,16,21,23,25-27,33H,7-10,12-15,17-20,22H2,1-6H3. The van der Waals surface area contributed by atoms with Crippen molar-refractivity contribution in [3.63, 3.8) is 0 Å². The van der Waals surface area contributed by atoms with E-state index in [1.54, 1.807) is 51.4 Å². The van der Waals surface area contributed by atoms with E-state index in [4.69, 9.17) is 14.2 Å². The lowest BCUT2D eigenvalue weighted by Gasteiger charge is -2.40. The molecule has 3 rings (SSSR count). The van der Waals surface area contributed by atoms with E-state index in [1.165, 1.54) is 0 Å². The molecule has 0 spiro atoms. The van der Waals surface area contributed by atoms with Crippen molar-refractivity contribution >= 4 is 17.7 Å². The number of carbonyl (C=O) groups is 3. The van der Waals surface area contributed by atoms with Crippen LogP contribution >= 0.6 is 0 Å². The molecule has 1 aromatic rings. The molecule has 1 aliphatic carbocycles. The molecule has 0 aromatic heterocycles. The van der Waals surface area contributed by atoms with Crippen LogP contribution in [0, 0.1) is 0 Å². The molecule has 2 atom stereocenters. The summed E-state index contributed by atoms with van der Waals surface area (Å²) in [5.74, 6) is 1.37. The molecular weight excluding hydrogens is 536 g/mol. The lowest BCUT2D eigenvalue weighted by molar-refractivity contribution is -0.132. The van der Waals surface area contributed by atoms with Crippen LogP contribution in [-0.4, -0.2) is 111 Å². The first-order chi connectivity index (χ1) is 20.2. The van der Waals surface area contributed by atoms with Gasteiger partial charge in [0.05, 0.1) is 13.7 Å². The quantitative estimate of drug-likeness (QED) is 0.277. The number of hydrogen-bond donors (Lipinski definition) is 1. The first-order valence-electron chi connectivity index (χ1n) is 15.5. The van der Waals surface area contributed by atoms with Crippen LogP contribution in [0.25, 0.3) is 0 Å². The first kappa shape index (κ1) is 33.6. The van der Waals surface area contributed by atoms with Gasteiger partial charge >= 0.3 is 0 Å². The van der Waals surface area contributed by atoms with Gasteiger partial charge in [0.2, 0.25) is 11.8 Å². The third-order valence-corrected chi connectivity index (χ3v) is 8.14. The molecule has 42 heavy (non-hydrogen) atoms. The van der Waals surface area contributed by atoms with E-state index in [9.17, 15) is 14.4 Å².